The van der Waals surface area contributed by atoms with E-state index in [9.17, 15) is 4.79 Å². The Balaban J connectivity index is 1.79. The van der Waals surface area contributed by atoms with Gasteiger partial charge >= 0.3 is 0 Å². The first-order chi connectivity index (χ1) is 11.4. The lowest BCUT2D eigenvalue weighted by Gasteiger charge is -2.07. The van der Waals surface area contributed by atoms with Crippen LogP contribution < -0.4 is 5.32 Å². The molecule has 2 N–H and O–H groups in total. The van der Waals surface area contributed by atoms with Gasteiger partial charge in [-0.25, -0.2) is 0 Å². The van der Waals surface area contributed by atoms with Gasteiger partial charge in [-0.1, -0.05) is 5.16 Å². The third-order valence-electron chi connectivity index (χ3n) is 3.85. The molecule has 0 fully saturated rings. The fourth-order valence-electron chi connectivity index (χ4n) is 2.54. The monoisotopic (exact) mass is 329 g/mol. The highest BCUT2D eigenvalue weighted by Crippen LogP contribution is 2.25. The fraction of sp³-hybridized carbons (Fsp3) is 0.400. The third kappa shape index (κ3) is 2.80. The van der Waals surface area contributed by atoms with Crippen LogP contribution in [0.1, 0.15) is 46.6 Å². The van der Waals surface area contributed by atoms with Gasteiger partial charge in [0.25, 0.3) is 5.91 Å². The van der Waals surface area contributed by atoms with E-state index < -0.39 is 6.04 Å². The predicted molar refractivity (Wildman–Crippen MR) is 85.2 cm³/mol. The van der Waals surface area contributed by atoms with Crippen molar-refractivity contribution in [1.82, 2.24) is 35.4 Å². The van der Waals surface area contributed by atoms with Gasteiger partial charge < -0.3 is 9.84 Å². The van der Waals surface area contributed by atoms with Gasteiger partial charge in [0.15, 0.2) is 5.82 Å². The molecule has 0 aliphatic heterocycles. The standard InChI is InChI=1S/C15H19N7O2/c1-7-13(9(3)22(5)20-7)11-6-12(19-18-11)14(23)16-8(2)15-17-10(4)21-24-15/h6,8H,1-5H3,(H,16,23)(H,18,19). The van der Waals surface area contributed by atoms with Crippen molar-refractivity contribution in [2.24, 2.45) is 7.05 Å². The van der Waals surface area contributed by atoms with Gasteiger partial charge in [0, 0.05) is 18.3 Å². The second kappa shape index (κ2) is 5.91. The van der Waals surface area contributed by atoms with Gasteiger partial charge in [0.1, 0.15) is 11.7 Å². The molecule has 9 nitrogen and oxygen atoms in total. The number of hydrogen-bond acceptors (Lipinski definition) is 6. The summed E-state index contributed by atoms with van der Waals surface area (Å²) in [6.07, 6.45) is 0. The largest absolute Gasteiger partial charge is 0.339 e. The van der Waals surface area contributed by atoms with Crippen LogP contribution in [-0.2, 0) is 7.05 Å². The number of aryl methyl sites for hydroxylation is 3. The van der Waals surface area contributed by atoms with Crippen molar-refractivity contribution in [2.45, 2.75) is 33.7 Å². The van der Waals surface area contributed by atoms with E-state index in [1.54, 1.807) is 24.6 Å². The topological polar surface area (TPSA) is 115 Å². The molecule has 0 aliphatic carbocycles. The third-order valence-corrected chi connectivity index (χ3v) is 3.85. The van der Waals surface area contributed by atoms with Crippen molar-refractivity contribution in [3.63, 3.8) is 0 Å². The van der Waals surface area contributed by atoms with E-state index in [2.05, 4.69) is 30.8 Å². The number of amides is 1. The number of nitrogens with one attached hydrogen (secondary N) is 2. The zero-order valence-corrected chi connectivity index (χ0v) is 14.2. The highest BCUT2D eigenvalue weighted by molar-refractivity contribution is 5.93. The number of carbonyl (C=O) groups is 1. The summed E-state index contributed by atoms with van der Waals surface area (Å²) in [7, 11) is 1.88. The quantitative estimate of drug-likeness (QED) is 0.751. The summed E-state index contributed by atoms with van der Waals surface area (Å²) in [6.45, 7) is 7.37. The minimum atomic E-state index is -0.396. The Kier molecular flexibility index (Phi) is 3.92. The molecule has 0 aliphatic rings. The van der Waals surface area contributed by atoms with Crippen molar-refractivity contribution in [3.05, 3.63) is 34.9 Å². The number of aromatic nitrogens is 6. The van der Waals surface area contributed by atoms with Gasteiger partial charge in [0.2, 0.25) is 5.89 Å². The fourth-order valence-corrected chi connectivity index (χ4v) is 2.54. The number of nitrogens with zero attached hydrogens (tertiary/aromatic N) is 5. The van der Waals surface area contributed by atoms with Crippen LogP contribution in [0.4, 0.5) is 0 Å². The van der Waals surface area contributed by atoms with Crippen LogP contribution in [0.25, 0.3) is 11.3 Å². The average Bonchev–Trinajstić information content (AvgIpc) is 3.21. The van der Waals surface area contributed by atoms with E-state index in [1.165, 1.54) is 0 Å². The van der Waals surface area contributed by atoms with E-state index in [0.29, 0.717) is 23.1 Å². The average molecular weight is 329 g/mol. The first kappa shape index (κ1) is 15.9. The van der Waals surface area contributed by atoms with Crippen LogP contribution in [0.15, 0.2) is 10.6 Å². The van der Waals surface area contributed by atoms with E-state index >= 15 is 0 Å². The molecule has 3 aromatic heterocycles. The Hall–Kier alpha value is -2.97. The molecule has 0 saturated heterocycles. The van der Waals surface area contributed by atoms with Crippen LogP contribution in [0.5, 0.6) is 0 Å². The van der Waals surface area contributed by atoms with Crippen molar-refractivity contribution in [2.75, 3.05) is 0 Å². The number of aromatic amines is 1. The molecule has 1 unspecified atom stereocenters. The van der Waals surface area contributed by atoms with E-state index in [-0.39, 0.29) is 5.91 Å². The zero-order chi connectivity index (χ0) is 17.4. The molecule has 9 heteroatoms. The Bertz CT molecular complexity index is 890. The molecule has 0 bridgehead atoms. The van der Waals surface area contributed by atoms with Crippen LogP contribution in [0.2, 0.25) is 0 Å². The lowest BCUT2D eigenvalue weighted by atomic mass is 10.1. The van der Waals surface area contributed by atoms with E-state index in [0.717, 1.165) is 17.0 Å². The van der Waals surface area contributed by atoms with Crippen LogP contribution >= 0.6 is 0 Å². The van der Waals surface area contributed by atoms with Crippen LogP contribution in [-0.4, -0.2) is 36.0 Å². The summed E-state index contributed by atoms with van der Waals surface area (Å²) >= 11 is 0. The molecule has 3 rings (SSSR count). The summed E-state index contributed by atoms with van der Waals surface area (Å²) in [5, 5.41) is 17.9. The van der Waals surface area contributed by atoms with E-state index in [1.807, 2.05) is 20.9 Å². The van der Waals surface area contributed by atoms with Crippen LogP contribution in [0.3, 0.4) is 0 Å². The molecule has 0 spiro atoms. The molecule has 0 radical (unpaired) electrons. The second-order valence-corrected chi connectivity index (χ2v) is 5.71. The van der Waals surface area contributed by atoms with Gasteiger partial charge in [0.05, 0.1) is 11.4 Å². The number of hydrogen-bond donors (Lipinski definition) is 2. The van der Waals surface area contributed by atoms with Gasteiger partial charge in [-0.3, -0.25) is 14.6 Å². The number of carbonyl (C=O) groups excluding carboxylic acids is 1. The summed E-state index contributed by atoms with van der Waals surface area (Å²) in [6, 6.07) is 1.31. The van der Waals surface area contributed by atoms with Crippen molar-refractivity contribution in [3.8, 4) is 11.3 Å². The predicted octanol–water partition coefficient (Wildman–Crippen LogP) is 1.61. The lowest BCUT2D eigenvalue weighted by molar-refractivity contribution is 0.0927. The molecule has 24 heavy (non-hydrogen) atoms. The molecule has 126 valence electrons. The smallest absolute Gasteiger partial charge is 0.269 e. The first-order valence-electron chi connectivity index (χ1n) is 7.54. The minimum absolute atomic E-state index is 0.295. The number of rotatable bonds is 4. The number of H-pyrrole nitrogens is 1. The summed E-state index contributed by atoms with van der Waals surface area (Å²) in [5.41, 5.74) is 3.82. The maximum atomic E-state index is 12.4. The maximum absolute atomic E-state index is 12.4. The van der Waals surface area contributed by atoms with Gasteiger partial charge in [-0.15, -0.1) is 0 Å². The van der Waals surface area contributed by atoms with Crippen molar-refractivity contribution < 1.29 is 9.32 Å². The second-order valence-electron chi connectivity index (χ2n) is 5.71. The molecule has 0 aromatic carbocycles. The maximum Gasteiger partial charge on any atom is 0.269 e. The SMILES string of the molecule is Cc1noc(C(C)NC(=O)c2cc(-c3c(C)nn(C)c3C)n[nH]2)n1. The Labute approximate surface area is 138 Å². The first-order valence-corrected chi connectivity index (χ1v) is 7.54. The summed E-state index contributed by atoms with van der Waals surface area (Å²) in [5.74, 6) is 0.591. The van der Waals surface area contributed by atoms with Crippen LogP contribution in [0, 0.1) is 20.8 Å². The lowest BCUT2D eigenvalue weighted by Crippen LogP contribution is -2.27. The van der Waals surface area contributed by atoms with Crippen molar-refractivity contribution >= 4 is 5.91 Å². The van der Waals surface area contributed by atoms with Crippen molar-refractivity contribution in [1.29, 1.82) is 0 Å². The Morgan fingerprint density at radius 3 is 2.71 bits per heavy atom. The normalized spacial score (nSPS) is 12.4. The molecule has 1 amide bonds. The van der Waals surface area contributed by atoms with Gasteiger partial charge in [-0.05, 0) is 33.8 Å². The molecular weight excluding hydrogens is 310 g/mol. The van der Waals surface area contributed by atoms with E-state index in [4.69, 9.17) is 4.52 Å². The molecule has 3 heterocycles. The van der Waals surface area contributed by atoms with Gasteiger partial charge in [-0.2, -0.15) is 15.2 Å². The molecule has 0 saturated carbocycles. The highest BCUT2D eigenvalue weighted by atomic mass is 16.5. The summed E-state index contributed by atoms with van der Waals surface area (Å²) < 4.78 is 6.85. The Morgan fingerprint density at radius 2 is 2.12 bits per heavy atom. The zero-order valence-electron chi connectivity index (χ0n) is 14.2. The molecular formula is C15H19N7O2. The summed E-state index contributed by atoms with van der Waals surface area (Å²) in [4.78, 5) is 16.5. The minimum Gasteiger partial charge on any atom is -0.339 e. The molecule has 3 aromatic rings. The Morgan fingerprint density at radius 1 is 1.38 bits per heavy atom. The molecule has 1 atom stereocenters. The highest BCUT2D eigenvalue weighted by Gasteiger charge is 2.20.